The smallest absolute Gasteiger partial charge is 0.0613 e. The summed E-state index contributed by atoms with van der Waals surface area (Å²) >= 11 is 0. The molecule has 2 fully saturated rings. The fourth-order valence-corrected chi connectivity index (χ4v) is 3.63. The quantitative estimate of drug-likeness (QED) is 0.829. The molecule has 0 aromatic rings. The molecule has 2 rings (SSSR count). The Kier molecular flexibility index (Phi) is 5.67. The third-order valence-corrected chi connectivity index (χ3v) is 4.75. The molecule has 4 unspecified atom stereocenters. The molecule has 0 amide bonds. The van der Waals surface area contributed by atoms with Crippen LogP contribution < -0.4 is 5.32 Å². The highest BCUT2D eigenvalue weighted by atomic mass is 16.5. The molecule has 0 spiro atoms. The van der Waals surface area contributed by atoms with Gasteiger partial charge in [0, 0.05) is 38.3 Å². The number of rotatable bonds is 5. The van der Waals surface area contributed by atoms with E-state index in [1.807, 2.05) is 0 Å². The van der Waals surface area contributed by atoms with Crippen LogP contribution in [0, 0.1) is 11.8 Å². The first kappa shape index (κ1) is 15.3. The highest BCUT2D eigenvalue weighted by Gasteiger charge is 2.32. The summed E-state index contributed by atoms with van der Waals surface area (Å²) in [5.41, 5.74) is 0. The van der Waals surface area contributed by atoms with Crippen LogP contribution in [0.15, 0.2) is 0 Å². The van der Waals surface area contributed by atoms with E-state index in [2.05, 4.69) is 37.9 Å². The van der Waals surface area contributed by atoms with Gasteiger partial charge in [-0.2, -0.15) is 0 Å². The number of ether oxygens (including phenoxy) is 1. The molecular formula is C16H32N2O. The molecule has 2 saturated heterocycles. The van der Waals surface area contributed by atoms with Crippen molar-refractivity contribution >= 4 is 0 Å². The van der Waals surface area contributed by atoms with Crippen LogP contribution in [0.3, 0.4) is 0 Å². The van der Waals surface area contributed by atoms with Gasteiger partial charge in [0.05, 0.1) is 6.10 Å². The first-order valence-corrected chi connectivity index (χ1v) is 8.19. The van der Waals surface area contributed by atoms with E-state index in [4.69, 9.17) is 4.74 Å². The lowest BCUT2D eigenvalue weighted by Crippen LogP contribution is -2.57. The van der Waals surface area contributed by atoms with Gasteiger partial charge in [-0.15, -0.1) is 0 Å². The van der Waals surface area contributed by atoms with Gasteiger partial charge in [0.15, 0.2) is 0 Å². The Hall–Kier alpha value is -0.120. The third-order valence-electron chi connectivity index (χ3n) is 4.75. The lowest BCUT2D eigenvalue weighted by Gasteiger charge is -2.41. The van der Waals surface area contributed by atoms with Crippen molar-refractivity contribution in [2.75, 3.05) is 26.2 Å². The fraction of sp³-hybridized carbons (Fsp3) is 1.00. The van der Waals surface area contributed by atoms with Crippen LogP contribution in [-0.2, 0) is 4.74 Å². The monoisotopic (exact) mass is 268 g/mol. The Balaban J connectivity index is 1.86. The van der Waals surface area contributed by atoms with E-state index >= 15 is 0 Å². The molecule has 2 aliphatic rings. The van der Waals surface area contributed by atoms with Crippen molar-refractivity contribution in [1.82, 2.24) is 10.2 Å². The van der Waals surface area contributed by atoms with Gasteiger partial charge in [0.25, 0.3) is 0 Å². The summed E-state index contributed by atoms with van der Waals surface area (Å²) in [5, 5.41) is 3.71. The van der Waals surface area contributed by atoms with Gasteiger partial charge in [-0.3, -0.25) is 4.90 Å². The topological polar surface area (TPSA) is 24.5 Å². The summed E-state index contributed by atoms with van der Waals surface area (Å²) in [4.78, 5) is 2.70. The fourth-order valence-electron chi connectivity index (χ4n) is 3.63. The van der Waals surface area contributed by atoms with Gasteiger partial charge in [-0.05, 0) is 38.0 Å². The summed E-state index contributed by atoms with van der Waals surface area (Å²) in [6.45, 7) is 13.8. The van der Waals surface area contributed by atoms with E-state index in [9.17, 15) is 0 Å². The average Bonchev–Trinajstić information content (AvgIpc) is 2.80. The highest BCUT2D eigenvalue weighted by molar-refractivity contribution is 4.87. The van der Waals surface area contributed by atoms with Crippen molar-refractivity contribution in [3.8, 4) is 0 Å². The van der Waals surface area contributed by atoms with Gasteiger partial charge in [0.1, 0.15) is 0 Å². The van der Waals surface area contributed by atoms with Gasteiger partial charge in [-0.25, -0.2) is 0 Å². The van der Waals surface area contributed by atoms with Gasteiger partial charge in [0.2, 0.25) is 0 Å². The molecule has 2 aliphatic heterocycles. The van der Waals surface area contributed by atoms with Crippen LogP contribution >= 0.6 is 0 Å². The maximum absolute atomic E-state index is 5.84. The zero-order valence-corrected chi connectivity index (χ0v) is 13.2. The molecule has 4 atom stereocenters. The van der Waals surface area contributed by atoms with E-state index in [-0.39, 0.29) is 0 Å². The van der Waals surface area contributed by atoms with Gasteiger partial charge in [-0.1, -0.05) is 20.8 Å². The SMILES string of the molecule is CCC1OCCC1CN1CC(CC(C)C)NCC1C. The van der Waals surface area contributed by atoms with Crippen molar-refractivity contribution in [1.29, 1.82) is 0 Å². The summed E-state index contributed by atoms with van der Waals surface area (Å²) in [6.07, 6.45) is 4.22. The Morgan fingerprint density at radius 1 is 1.37 bits per heavy atom. The number of nitrogens with zero attached hydrogens (tertiary/aromatic N) is 1. The first-order valence-electron chi connectivity index (χ1n) is 8.19. The standard InChI is InChI=1S/C16H32N2O/c1-5-16-14(6-7-19-16)10-18-11-15(8-12(2)3)17-9-13(18)4/h12-17H,5-11H2,1-4H3. The van der Waals surface area contributed by atoms with Crippen LogP contribution in [0.2, 0.25) is 0 Å². The third kappa shape index (κ3) is 4.17. The Morgan fingerprint density at radius 2 is 2.16 bits per heavy atom. The second-order valence-electron chi connectivity index (χ2n) is 6.90. The molecule has 1 N–H and O–H groups in total. The first-order chi connectivity index (χ1) is 9.10. The van der Waals surface area contributed by atoms with Crippen LogP contribution in [-0.4, -0.2) is 49.3 Å². The molecule has 0 aromatic carbocycles. The Bertz CT molecular complexity index is 269. The van der Waals surface area contributed by atoms with Crippen molar-refractivity contribution in [3.63, 3.8) is 0 Å². The Labute approximate surface area is 119 Å². The van der Waals surface area contributed by atoms with Crippen molar-refractivity contribution in [2.24, 2.45) is 11.8 Å². The summed E-state index contributed by atoms with van der Waals surface area (Å²) < 4.78 is 5.84. The number of hydrogen-bond donors (Lipinski definition) is 1. The van der Waals surface area contributed by atoms with E-state index < -0.39 is 0 Å². The zero-order chi connectivity index (χ0) is 13.8. The summed E-state index contributed by atoms with van der Waals surface area (Å²) in [7, 11) is 0. The lowest BCUT2D eigenvalue weighted by molar-refractivity contribution is 0.0573. The lowest BCUT2D eigenvalue weighted by atomic mass is 9.95. The van der Waals surface area contributed by atoms with Crippen molar-refractivity contribution in [3.05, 3.63) is 0 Å². The van der Waals surface area contributed by atoms with E-state index in [1.54, 1.807) is 0 Å². The minimum absolute atomic E-state index is 0.505. The zero-order valence-electron chi connectivity index (χ0n) is 13.2. The maximum Gasteiger partial charge on any atom is 0.0613 e. The number of hydrogen-bond acceptors (Lipinski definition) is 3. The van der Waals surface area contributed by atoms with Gasteiger partial charge < -0.3 is 10.1 Å². The predicted molar refractivity (Wildman–Crippen MR) is 80.4 cm³/mol. The maximum atomic E-state index is 5.84. The van der Waals surface area contributed by atoms with Crippen molar-refractivity contribution in [2.45, 2.75) is 65.1 Å². The molecule has 0 radical (unpaired) electrons. The number of piperazine rings is 1. The molecule has 0 saturated carbocycles. The number of nitrogens with one attached hydrogen (secondary N) is 1. The highest BCUT2D eigenvalue weighted by Crippen LogP contribution is 2.26. The molecule has 3 nitrogen and oxygen atoms in total. The molecule has 3 heteroatoms. The average molecular weight is 268 g/mol. The summed E-state index contributed by atoms with van der Waals surface area (Å²) in [5.74, 6) is 1.54. The van der Waals surface area contributed by atoms with Crippen LogP contribution in [0.25, 0.3) is 0 Å². The second kappa shape index (κ2) is 7.05. The van der Waals surface area contributed by atoms with Crippen molar-refractivity contribution < 1.29 is 4.74 Å². The summed E-state index contributed by atoms with van der Waals surface area (Å²) in [6, 6.07) is 1.35. The predicted octanol–water partition coefficient (Wildman–Crippen LogP) is 2.51. The molecule has 112 valence electrons. The van der Waals surface area contributed by atoms with E-state index in [0.717, 1.165) is 25.0 Å². The van der Waals surface area contributed by atoms with Crippen LogP contribution in [0.1, 0.15) is 47.0 Å². The molecule has 0 bridgehead atoms. The minimum atomic E-state index is 0.505. The second-order valence-corrected chi connectivity index (χ2v) is 6.90. The van der Waals surface area contributed by atoms with Crippen LogP contribution in [0.4, 0.5) is 0 Å². The minimum Gasteiger partial charge on any atom is -0.378 e. The molecule has 2 heterocycles. The van der Waals surface area contributed by atoms with E-state index in [1.165, 1.54) is 32.4 Å². The van der Waals surface area contributed by atoms with Gasteiger partial charge >= 0.3 is 0 Å². The van der Waals surface area contributed by atoms with Crippen LogP contribution in [0.5, 0.6) is 0 Å². The largest absolute Gasteiger partial charge is 0.378 e. The molecular weight excluding hydrogens is 236 g/mol. The molecule has 19 heavy (non-hydrogen) atoms. The molecule has 0 aromatic heterocycles. The molecule has 0 aliphatic carbocycles. The normalized spacial score (nSPS) is 37.1. The van der Waals surface area contributed by atoms with E-state index in [0.29, 0.717) is 18.2 Å². The Morgan fingerprint density at radius 3 is 2.84 bits per heavy atom.